The molecule has 1 aromatic heterocycles. The summed E-state index contributed by atoms with van der Waals surface area (Å²) in [6.07, 6.45) is 52.9. The van der Waals surface area contributed by atoms with Gasteiger partial charge in [-0.25, -0.2) is 9.98 Å². The lowest BCUT2D eigenvalue weighted by molar-refractivity contribution is 0.0163. The van der Waals surface area contributed by atoms with Crippen LogP contribution in [0.3, 0.4) is 0 Å². The van der Waals surface area contributed by atoms with Gasteiger partial charge in [0.2, 0.25) is 0 Å². The van der Waals surface area contributed by atoms with Crippen LogP contribution < -0.4 is 16.0 Å². The van der Waals surface area contributed by atoms with Crippen LogP contribution in [-0.2, 0) is 9.47 Å². The maximum Gasteiger partial charge on any atom is 0.0878 e. The molecule has 0 spiro atoms. The first-order chi connectivity index (χ1) is 30.9. The van der Waals surface area contributed by atoms with E-state index in [2.05, 4.69) is 98.7 Å². The zero-order chi connectivity index (χ0) is 44.4. The second-order valence-corrected chi connectivity index (χ2v) is 18.8. The monoisotopic (exact) mass is 850 g/mol. The molecule has 0 saturated carbocycles. The van der Waals surface area contributed by atoms with Crippen LogP contribution in [0.5, 0.6) is 0 Å². The van der Waals surface area contributed by atoms with Crippen molar-refractivity contribution in [2.24, 2.45) is 9.98 Å². The van der Waals surface area contributed by atoms with Gasteiger partial charge in [-0.15, -0.1) is 0 Å². The summed E-state index contributed by atoms with van der Waals surface area (Å²) in [6.45, 7) is 10.2. The predicted molar refractivity (Wildman–Crippen MR) is 267 cm³/mol. The highest BCUT2D eigenvalue weighted by Crippen LogP contribution is 2.38. The van der Waals surface area contributed by atoms with Crippen LogP contribution in [0, 0.1) is 0 Å². The number of nitrogens with one attached hydrogen (secondary N) is 2. The Bertz CT molecular complexity index is 1830. The molecule has 0 fully saturated rings. The zero-order valence-electron chi connectivity index (χ0n) is 40.9. The number of aromatic nitrogens is 1. The number of hydrogen-bond acceptors (Lipinski definition) is 5. The van der Waals surface area contributed by atoms with E-state index in [0.717, 1.165) is 57.6 Å². The van der Waals surface area contributed by atoms with E-state index in [1.807, 2.05) is 0 Å². The first kappa shape index (κ1) is 48.2. The van der Waals surface area contributed by atoms with E-state index in [4.69, 9.17) is 19.5 Å². The Balaban J connectivity index is 1.17. The number of allylic oxidation sites excluding steroid dienone is 5. The van der Waals surface area contributed by atoms with Gasteiger partial charge in [0, 0.05) is 37.4 Å². The van der Waals surface area contributed by atoms with Gasteiger partial charge < -0.3 is 19.8 Å². The fourth-order valence-electron chi connectivity index (χ4n) is 9.31. The number of aromatic amines is 1. The second-order valence-electron chi connectivity index (χ2n) is 18.8. The van der Waals surface area contributed by atoms with Gasteiger partial charge in [-0.2, -0.15) is 0 Å². The fourth-order valence-corrected chi connectivity index (χ4v) is 9.31. The number of nitrogens with zero attached hydrogens (tertiary/aromatic N) is 2. The van der Waals surface area contributed by atoms with E-state index in [-0.39, 0.29) is 12.2 Å². The molecule has 0 saturated heterocycles. The lowest BCUT2D eigenvalue weighted by Gasteiger charge is -2.35. The van der Waals surface area contributed by atoms with Crippen molar-refractivity contribution in [1.82, 2.24) is 10.3 Å². The molecule has 0 aromatic carbocycles. The van der Waals surface area contributed by atoms with Crippen molar-refractivity contribution in [1.29, 1.82) is 0 Å². The van der Waals surface area contributed by atoms with Crippen molar-refractivity contribution < 1.29 is 10.8 Å². The molecule has 4 unspecified atom stereocenters. The minimum Gasteiger partial charge on any atom is -0.376 e. The standard InChI is InChI=1S/C56H88N4O2/c1-5-7-9-11-13-15-17-19-21-23-25-27-29-31-39-61-46(3)54-45-56(47(4)62-40-32-30-28-26-24-22-20-18-16-14-12-10-8-6-2)44-53-38-37-51(59-53)42-49-34-33-48(57-49)41-50-35-36-52(58-50)43-55(54)60-56/h33-38,41-44,46-47,57,60H,5-32,39-40,45H2,1-4H3/i45D. The smallest absolute Gasteiger partial charge is 0.0878 e. The minimum atomic E-state index is -0.847. The van der Waals surface area contributed by atoms with E-state index in [0.29, 0.717) is 13.2 Å². The lowest BCUT2D eigenvalue weighted by atomic mass is 9.86. The summed E-state index contributed by atoms with van der Waals surface area (Å²) in [5.74, 6) is 0. The summed E-state index contributed by atoms with van der Waals surface area (Å²) in [4.78, 5) is 13.5. The Labute approximate surface area is 380 Å². The summed E-state index contributed by atoms with van der Waals surface area (Å²) >= 11 is 0. The molecule has 62 heavy (non-hydrogen) atoms. The third-order valence-corrected chi connectivity index (χ3v) is 13.3. The van der Waals surface area contributed by atoms with Gasteiger partial charge in [-0.3, -0.25) is 0 Å². The number of rotatable bonds is 34. The number of hydrogen-bond donors (Lipinski definition) is 2. The van der Waals surface area contributed by atoms with E-state index < -0.39 is 11.9 Å². The first-order valence-corrected chi connectivity index (χ1v) is 26.0. The molecule has 1 aromatic rings. The highest BCUT2D eigenvalue weighted by molar-refractivity contribution is 6.20. The van der Waals surface area contributed by atoms with E-state index >= 15 is 0 Å². The quantitative estimate of drug-likeness (QED) is 0.0679. The normalized spacial score (nSPS) is 20.3. The number of ether oxygens (including phenoxy) is 2. The average molecular weight is 850 g/mol. The maximum absolute atomic E-state index is 10.1. The van der Waals surface area contributed by atoms with Crippen molar-refractivity contribution in [2.75, 3.05) is 13.2 Å². The van der Waals surface area contributed by atoms with Crippen LogP contribution >= 0.6 is 0 Å². The molecule has 4 aliphatic rings. The molecule has 6 nitrogen and oxygen atoms in total. The minimum absolute atomic E-state index is 0.238. The summed E-state index contributed by atoms with van der Waals surface area (Å²) in [5.41, 5.74) is 4.49. The number of H-pyrrole nitrogens is 1. The third kappa shape index (κ3) is 18.1. The Morgan fingerprint density at radius 1 is 0.548 bits per heavy atom. The first-order valence-electron chi connectivity index (χ1n) is 26.5. The SMILES string of the molecule is [2H]C1C(C(C)OCCCCCCCCCCCCCCCC)=C2C=C3C=CC(=N3)C=c3ccc([nH]3)=CC3=NC(=CC1(C(C)OCCCCCCCCCCCCCCCC)N2)C=C3. The highest BCUT2D eigenvalue weighted by atomic mass is 16.5. The largest absolute Gasteiger partial charge is 0.376 e. The van der Waals surface area contributed by atoms with E-state index in [9.17, 15) is 1.37 Å². The Hall–Kier alpha value is -3.22. The molecule has 0 amide bonds. The van der Waals surface area contributed by atoms with Crippen LogP contribution in [0.4, 0.5) is 0 Å². The maximum atomic E-state index is 10.1. The van der Waals surface area contributed by atoms with Crippen LogP contribution in [-0.4, -0.2) is 47.4 Å². The molecule has 4 aliphatic heterocycles. The molecule has 2 N–H and O–H groups in total. The molecule has 5 heterocycles. The van der Waals surface area contributed by atoms with E-state index in [1.54, 1.807) is 0 Å². The van der Waals surface area contributed by atoms with Crippen molar-refractivity contribution >= 4 is 23.6 Å². The van der Waals surface area contributed by atoms with E-state index in [1.165, 1.54) is 167 Å². The Kier molecular flexibility index (Phi) is 22.8. The Morgan fingerprint density at radius 3 is 1.45 bits per heavy atom. The van der Waals surface area contributed by atoms with Crippen molar-refractivity contribution in [3.8, 4) is 0 Å². The molecule has 8 bridgehead atoms. The number of aliphatic imine (C=N–C) groups is 2. The van der Waals surface area contributed by atoms with Crippen LogP contribution in [0.1, 0.15) is 215 Å². The molecular formula is C56H88N4O2. The van der Waals surface area contributed by atoms with Crippen LogP contribution in [0.25, 0.3) is 12.2 Å². The van der Waals surface area contributed by atoms with Gasteiger partial charge in [0.1, 0.15) is 0 Å². The van der Waals surface area contributed by atoms with Gasteiger partial charge in [0.25, 0.3) is 0 Å². The molecular weight excluding hydrogens is 761 g/mol. The number of unbranched alkanes of at least 4 members (excludes halogenated alkanes) is 26. The summed E-state index contributed by atoms with van der Waals surface area (Å²) in [6, 6.07) is 4.16. The van der Waals surface area contributed by atoms with Gasteiger partial charge in [0.05, 0.1) is 40.6 Å². The summed E-state index contributed by atoms with van der Waals surface area (Å²) in [5, 5.41) is 5.88. The molecule has 344 valence electrons. The van der Waals surface area contributed by atoms with Crippen molar-refractivity contribution in [2.45, 2.75) is 232 Å². The molecule has 0 radical (unpaired) electrons. The molecule has 0 aliphatic carbocycles. The van der Waals surface area contributed by atoms with Gasteiger partial charge in [-0.1, -0.05) is 181 Å². The molecule has 5 rings (SSSR count). The fraction of sp³-hybridized carbons (Fsp3) is 0.679. The van der Waals surface area contributed by atoms with Gasteiger partial charge >= 0.3 is 0 Å². The van der Waals surface area contributed by atoms with Gasteiger partial charge in [-0.05, 0) is 93.0 Å². The average Bonchev–Trinajstić information content (AvgIpc) is 4.08. The third-order valence-electron chi connectivity index (χ3n) is 13.3. The highest BCUT2D eigenvalue weighted by Gasteiger charge is 2.43. The topological polar surface area (TPSA) is 71.0 Å². The predicted octanol–water partition coefficient (Wildman–Crippen LogP) is 14.1. The van der Waals surface area contributed by atoms with Crippen molar-refractivity contribution in [3.63, 3.8) is 0 Å². The van der Waals surface area contributed by atoms with Crippen LogP contribution in [0.2, 0.25) is 0 Å². The molecule has 4 atom stereocenters. The Morgan fingerprint density at radius 2 is 0.968 bits per heavy atom. The van der Waals surface area contributed by atoms with Gasteiger partial charge in [0.15, 0.2) is 0 Å². The second kappa shape index (κ2) is 29.3. The van der Waals surface area contributed by atoms with Crippen molar-refractivity contribution in [3.05, 3.63) is 82.0 Å². The molecule has 6 heteroatoms. The number of fused-ring (bicyclic) bond motifs is 6. The summed E-state index contributed by atoms with van der Waals surface area (Å²) < 4.78 is 23.4. The lowest BCUT2D eigenvalue weighted by Crippen LogP contribution is -2.49. The van der Waals surface area contributed by atoms with Crippen LogP contribution in [0.15, 0.2) is 81.2 Å². The summed E-state index contributed by atoms with van der Waals surface area (Å²) in [7, 11) is 0. The zero-order valence-corrected chi connectivity index (χ0v) is 39.9.